The Labute approximate surface area is 181 Å². The smallest absolute Gasteiger partial charge is 0.254 e. The average Bonchev–Trinajstić information content (AvgIpc) is 3.28. The van der Waals surface area contributed by atoms with Crippen molar-refractivity contribution in [3.8, 4) is 22.8 Å². The van der Waals surface area contributed by atoms with Gasteiger partial charge in [0.15, 0.2) is 11.5 Å². The highest BCUT2D eigenvalue weighted by atomic mass is 16.5. The lowest BCUT2D eigenvalue weighted by atomic mass is 9.98. The van der Waals surface area contributed by atoms with Gasteiger partial charge in [-0.1, -0.05) is 30.3 Å². The molecule has 0 amide bonds. The first-order valence-corrected chi connectivity index (χ1v) is 10.7. The van der Waals surface area contributed by atoms with Crippen molar-refractivity contribution in [2.45, 2.75) is 26.8 Å². The SMILES string of the molecule is CCOc1cc2c(cc1OCC)CN(c1cc(-c3ccccc3)nc3ncnn13)CC2. The van der Waals surface area contributed by atoms with E-state index in [0.717, 1.165) is 48.1 Å². The van der Waals surface area contributed by atoms with Gasteiger partial charge in [-0.25, -0.2) is 4.98 Å². The Hall–Kier alpha value is -3.61. The van der Waals surface area contributed by atoms with Crippen molar-refractivity contribution in [3.63, 3.8) is 0 Å². The maximum atomic E-state index is 5.85. The summed E-state index contributed by atoms with van der Waals surface area (Å²) in [7, 11) is 0. The molecule has 0 aliphatic carbocycles. The van der Waals surface area contributed by atoms with Crippen LogP contribution >= 0.6 is 0 Å². The number of rotatable bonds is 6. The summed E-state index contributed by atoms with van der Waals surface area (Å²) in [5.41, 5.74) is 4.50. The fourth-order valence-corrected chi connectivity index (χ4v) is 4.08. The third-order valence-corrected chi connectivity index (χ3v) is 5.50. The standard InChI is InChI=1S/C24H25N5O2/c1-3-30-21-12-18-10-11-28(15-19(18)13-22(21)31-4-2)23-14-20(17-8-6-5-7-9-17)27-24-25-16-26-29(23)24/h5-9,12-14,16H,3-4,10-11,15H2,1-2H3. The van der Waals surface area contributed by atoms with Crippen molar-refractivity contribution >= 4 is 11.6 Å². The molecule has 7 nitrogen and oxygen atoms in total. The quantitative estimate of drug-likeness (QED) is 0.471. The molecule has 0 N–H and O–H groups in total. The monoisotopic (exact) mass is 415 g/mol. The number of nitrogens with zero attached hydrogens (tertiary/aromatic N) is 5. The second-order valence-corrected chi connectivity index (χ2v) is 7.44. The molecule has 2 aromatic heterocycles. The third kappa shape index (κ3) is 3.67. The van der Waals surface area contributed by atoms with Gasteiger partial charge in [-0.3, -0.25) is 0 Å². The lowest BCUT2D eigenvalue weighted by molar-refractivity contribution is 0.287. The van der Waals surface area contributed by atoms with Gasteiger partial charge in [-0.15, -0.1) is 0 Å². The number of anilines is 1. The predicted molar refractivity (Wildman–Crippen MR) is 120 cm³/mol. The Bertz CT molecular complexity index is 1210. The maximum Gasteiger partial charge on any atom is 0.254 e. The highest BCUT2D eigenvalue weighted by molar-refractivity contribution is 5.66. The minimum atomic E-state index is 0.601. The van der Waals surface area contributed by atoms with Gasteiger partial charge in [0.1, 0.15) is 12.1 Å². The van der Waals surface area contributed by atoms with Gasteiger partial charge < -0.3 is 14.4 Å². The summed E-state index contributed by atoms with van der Waals surface area (Å²) in [6.07, 6.45) is 2.47. The van der Waals surface area contributed by atoms with E-state index in [9.17, 15) is 0 Å². The third-order valence-electron chi connectivity index (χ3n) is 5.50. The van der Waals surface area contributed by atoms with E-state index in [1.165, 1.54) is 11.1 Å². The molecule has 1 aliphatic rings. The topological polar surface area (TPSA) is 64.8 Å². The van der Waals surface area contributed by atoms with Crippen LogP contribution < -0.4 is 14.4 Å². The van der Waals surface area contributed by atoms with Gasteiger partial charge in [0.05, 0.1) is 18.9 Å². The van der Waals surface area contributed by atoms with Crippen LogP contribution in [0.15, 0.2) is 54.9 Å². The van der Waals surface area contributed by atoms with E-state index < -0.39 is 0 Å². The van der Waals surface area contributed by atoms with Crippen LogP contribution in [0.3, 0.4) is 0 Å². The van der Waals surface area contributed by atoms with Crippen molar-refractivity contribution in [1.29, 1.82) is 0 Å². The molecule has 4 aromatic rings. The number of aromatic nitrogens is 4. The molecule has 3 heterocycles. The van der Waals surface area contributed by atoms with Crippen molar-refractivity contribution in [2.75, 3.05) is 24.7 Å². The number of ether oxygens (including phenoxy) is 2. The minimum absolute atomic E-state index is 0.601. The summed E-state index contributed by atoms with van der Waals surface area (Å²) in [5.74, 6) is 3.21. The summed E-state index contributed by atoms with van der Waals surface area (Å²) in [4.78, 5) is 11.4. The second-order valence-electron chi connectivity index (χ2n) is 7.44. The van der Waals surface area contributed by atoms with Crippen molar-refractivity contribution in [3.05, 3.63) is 66.0 Å². The van der Waals surface area contributed by atoms with Crippen LogP contribution in [0.2, 0.25) is 0 Å². The van der Waals surface area contributed by atoms with Gasteiger partial charge >= 0.3 is 0 Å². The molecule has 7 heteroatoms. The molecule has 0 saturated heterocycles. The largest absolute Gasteiger partial charge is 0.490 e. The molecule has 0 spiro atoms. The summed E-state index contributed by atoms with van der Waals surface area (Å²) < 4.78 is 13.5. The second kappa shape index (κ2) is 8.26. The highest BCUT2D eigenvalue weighted by Crippen LogP contribution is 2.35. The first-order valence-electron chi connectivity index (χ1n) is 10.7. The molecule has 0 unspecified atom stereocenters. The van der Waals surface area contributed by atoms with E-state index in [4.69, 9.17) is 14.5 Å². The van der Waals surface area contributed by atoms with E-state index in [1.54, 1.807) is 6.33 Å². The molecule has 158 valence electrons. The first kappa shape index (κ1) is 19.4. The molecule has 2 aromatic carbocycles. The summed E-state index contributed by atoms with van der Waals surface area (Å²) in [6.45, 7) is 6.84. The Morgan fingerprint density at radius 3 is 2.42 bits per heavy atom. The summed E-state index contributed by atoms with van der Waals surface area (Å²) in [5, 5.41) is 4.43. The van der Waals surface area contributed by atoms with Gasteiger partial charge in [-0.05, 0) is 43.5 Å². The molecule has 0 bridgehead atoms. The number of hydrogen-bond donors (Lipinski definition) is 0. The van der Waals surface area contributed by atoms with Crippen molar-refractivity contribution in [2.24, 2.45) is 0 Å². The van der Waals surface area contributed by atoms with Gasteiger partial charge in [0.2, 0.25) is 0 Å². The molecule has 31 heavy (non-hydrogen) atoms. The average molecular weight is 415 g/mol. The molecule has 0 fully saturated rings. The maximum absolute atomic E-state index is 5.85. The molecule has 5 rings (SSSR count). The molecule has 0 atom stereocenters. The van der Waals surface area contributed by atoms with E-state index in [2.05, 4.69) is 45.3 Å². The predicted octanol–water partition coefficient (Wildman–Crippen LogP) is 4.15. The van der Waals surface area contributed by atoms with Crippen molar-refractivity contribution < 1.29 is 9.47 Å². The first-order chi connectivity index (χ1) is 15.3. The van der Waals surface area contributed by atoms with Crippen LogP contribution in [0, 0.1) is 0 Å². The zero-order valence-corrected chi connectivity index (χ0v) is 17.8. The number of fused-ring (bicyclic) bond motifs is 2. The normalized spacial score (nSPS) is 13.3. The highest BCUT2D eigenvalue weighted by Gasteiger charge is 2.23. The van der Waals surface area contributed by atoms with Crippen LogP contribution in [0.1, 0.15) is 25.0 Å². The minimum Gasteiger partial charge on any atom is -0.490 e. The fourth-order valence-electron chi connectivity index (χ4n) is 4.08. The van der Waals surface area contributed by atoms with Crippen LogP contribution in [0.4, 0.5) is 5.82 Å². The van der Waals surface area contributed by atoms with Crippen LogP contribution in [-0.4, -0.2) is 39.3 Å². The Balaban J connectivity index is 1.54. The van der Waals surface area contributed by atoms with Crippen LogP contribution in [0.5, 0.6) is 11.5 Å². The molecule has 1 aliphatic heterocycles. The molecule has 0 saturated carbocycles. The zero-order chi connectivity index (χ0) is 21.2. The van der Waals surface area contributed by atoms with Crippen LogP contribution in [-0.2, 0) is 13.0 Å². The Morgan fingerprint density at radius 2 is 1.68 bits per heavy atom. The number of hydrogen-bond acceptors (Lipinski definition) is 6. The molecular formula is C24H25N5O2. The molecule has 0 radical (unpaired) electrons. The lowest BCUT2D eigenvalue weighted by Crippen LogP contribution is -2.32. The van der Waals surface area contributed by atoms with Crippen molar-refractivity contribution in [1.82, 2.24) is 19.6 Å². The summed E-state index contributed by atoms with van der Waals surface area (Å²) >= 11 is 0. The zero-order valence-electron chi connectivity index (χ0n) is 17.8. The number of benzene rings is 2. The fraction of sp³-hybridized carbons (Fsp3) is 0.292. The van der Waals surface area contributed by atoms with E-state index in [0.29, 0.717) is 19.0 Å². The van der Waals surface area contributed by atoms with E-state index in [-0.39, 0.29) is 0 Å². The van der Waals surface area contributed by atoms with Crippen LogP contribution in [0.25, 0.3) is 17.0 Å². The Morgan fingerprint density at radius 1 is 0.935 bits per heavy atom. The molecular weight excluding hydrogens is 390 g/mol. The van der Waals surface area contributed by atoms with Gasteiger partial charge in [0.25, 0.3) is 5.78 Å². The van der Waals surface area contributed by atoms with E-state index >= 15 is 0 Å². The Kier molecular flexibility index (Phi) is 5.16. The summed E-state index contributed by atoms with van der Waals surface area (Å²) in [6, 6.07) is 16.5. The van der Waals surface area contributed by atoms with Gasteiger partial charge in [-0.2, -0.15) is 14.6 Å². The van der Waals surface area contributed by atoms with E-state index in [1.807, 2.05) is 36.6 Å². The van der Waals surface area contributed by atoms with Gasteiger partial charge in [0, 0.05) is 24.7 Å². The lowest BCUT2D eigenvalue weighted by Gasteiger charge is -2.31.